The molecule has 2 aromatic heterocycles. The Hall–Kier alpha value is -2.67. The number of pyridine rings is 1. The van der Waals surface area contributed by atoms with E-state index < -0.39 is 0 Å². The van der Waals surface area contributed by atoms with Crippen LogP contribution in [0.5, 0.6) is 0 Å². The van der Waals surface area contributed by atoms with Gasteiger partial charge in [0.05, 0.1) is 5.56 Å². The number of benzene rings is 1. The third-order valence-electron chi connectivity index (χ3n) is 2.81. The van der Waals surface area contributed by atoms with Crippen molar-refractivity contribution in [2.45, 2.75) is 6.92 Å². The van der Waals surface area contributed by atoms with E-state index in [1.165, 1.54) is 5.56 Å². The van der Waals surface area contributed by atoms with Gasteiger partial charge in [0.25, 0.3) is 0 Å². The molecule has 0 amide bonds. The zero-order chi connectivity index (χ0) is 12.5. The molecule has 0 aliphatic heterocycles. The van der Waals surface area contributed by atoms with Crippen LogP contribution in [0.1, 0.15) is 11.1 Å². The molecule has 0 radical (unpaired) electrons. The minimum atomic E-state index is 0.594. The van der Waals surface area contributed by atoms with Gasteiger partial charge in [0, 0.05) is 11.8 Å². The summed E-state index contributed by atoms with van der Waals surface area (Å²) in [6.07, 6.45) is 1.76. The Morgan fingerprint density at radius 3 is 2.83 bits per heavy atom. The van der Waals surface area contributed by atoms with E-state index in [0.717, 1.165) is 17.0 Å². The number of hydrogen-bond acceptors (Lipinski definition) is 3. The molecule has 4 heteroatoms. The minimum absolute atomic E-state index is 0.594. The fourth-order valence-electron chi connectivity index (χ4n) is 1.94. The third-order valence-corrected chi connectivity index (χ3v) is 2.81. The van der Waals surface area contributed by atoms with Crippen LogP contribution in [0.4, 0.5) is 0 Å². The molecule has 0 aliphatic carbocycles. The molecule has 0 unspecified atom stereocenters. The summed E-state index contributed by atoms with van der Waals surface area (Å²) in [7, 11) is 0. The van der Waals surface area contributed by atoms with Gasteiger partial charge in [0.1, 0.15) is 6.07 Å². The van der Waals surface area contributed by atoms with Crippen molar-refractivity contribution in [1.29, 1.82) is 5.26 Å². The predicted octanol–water partition coefficient (Wildman–Crippen LogP) is 2.58. The van der Waals surface area contributed by atoms with Gasteiger partial charge in [0.2, 0.25) is 0 Å². The van der Waals surface area contributed by atoms with Crippen molar-refractivity contribution < 1.29 is 0 Å². The molecule has 0 aliphatic rings. The van der Waals surface area contributed by atoms with E-state index in [4.69, 9.17) is 5.26 Å². The van der Waals surface area contributed by atoms with E-state index in [9.17, 15) is 0 Å². The zero-order valence-electron chi connectivity index (χ0n) is 9.83. The van der Waals surface area contributed by atoms with Crippen molar-refractivity contribution in [2.75, 3.05) is 0 Å². The molecule has 1 aromatic carbocycles. The van der Waals surface area contributed by atoms with Gasteiger partial charge in [-0.15, -0.1) is 10.2 Å². The molecule has 0 spiro atoms. The van der Waals surface area contributed by atoms with E-state index in [2.05, 4.69) is 22.3 Å². The van der Waals surface area contributed by atoms with Crippen LogP contribution >= 0.6 is 0 Å². The molecule has 4 nitrogen and oxygen atoms in total. The average Bonchev–Trinajstić information content (AvgIpc) is 2.81. The highest BCUT2D eigenvalue weighted by molar-refractivity contribution is 5.60. The second-order valence-electron chi connectivity index (χ2n) is 4.15. The first-order chi connectivity index (χ1) is 8.78. The molecular formula is C14H10N4. The molecule has 0 N–H and O–H groups in total. The molecule has 2 heterocycles. The molecule has 0 atom stereocenters. The van der Waals surface area contributed by atoms with Gasteiger partial charge in [-0.2, -0.15) is 5.26 Å². The van der Waals surface area contributed by atoms with Crippen LogP contribution in [0.3, 0.4) is 0 Å². The number of nitriles is 1. The fourth-order valence-corrected chi connectivity index (χ4v) is 1.94. The summed E-state index contributed by atoms with van der Waals surface area (Å²) >= 11 is 0. The third kappa shape index (κ3) is 1.62. The number of fused-ring (bicyclic) bond motifs is 1. The normalized spacial score (nSPS) is 10.4. The summed E-state index contributed by atoms with van der Waals surface area (Å²) in [6, 6.07) is 13.7. The second-order valence-corrected chi connectivity index (χ2v) is 4.15. The Balaban J connectivity index is 2.27. The van der Waals surface area contributed by atoms with Gasteiger partial charge >= 0.3 is 0 Å². The molecule has 0 saturated carbocycles. The lowest BCUT2D eigenvalue weighted by Gasteiger charge is -2.01. The molecule has 86 valence electrons. The summed E-state index contributed by atoms with van der Waals surface area (Å²) in [5, 5.41) is 17.2. The van der Waals surface area contributed by atoms with Crippen LogP contribution in [0, 0.1) is 18.3 Å². The summed E-state index contributed by atoms with van der Waals surface area (Å²) in [6.45, 7) is 2.04. The van der Waals surface area contributed by atoms with Crippen LogP contribution in [-0.4, -0.2) is 14.6 Å². The van der Waals surface area contributed by atoms with Crippen LogP contribution < -0.4 is 0 Å². The fraction of sp³-hybridized carbons (Fsp3) is 0.0714. The summed E-state index contributed by atoms with van der Waals surface area (Å²) in [5.74, 6) is 0.755. The topological polar surface area (TPSA) is 54.0 Å². The van der Waals surface area contributed by atoms with Crippen LogP contribution in [-0.2, 0) is 0 Å². The zero-order valence-corrected chi connectivity index (χ0v) is 9.83. The van der Waals surface area contributed by atoms with E-state index in [1.54, 1.807) is 18.3 Å². The Labute approximate surface area is 104 Å². The molecule has 3 aromatic rings. The number of hydrogen-bond donors (Lipinski definition) is 0. The van der Waals surface area contributed by atoms with Crippen molar-refractivity contribution in [3.63, 3.8) is 0 Å². The first-order valence-electron chi connectivity index (χ1n) is 5.60. The summed E-state index contributed by atoms with van der Waals surface area (Å²) < 4.78 is 1.84. The molecule has 18 heavy (non-hydrogen) atoms. The first-order valence-corrected chi connectivity index (χ1v) is 5.60. The molecule has 0 bridgehead atoms. The number of nitrogens with zero attached hydrogens (tertiary/aromatic N) is 4. The number of rotatable bonds is 1. The van der Waals surface area contributed by atoms with Gasteiger partial charge in [-0.1, -0.05) is 23.8 Å². The Morgan fingerprint density at radius 2 is 2.06 bits per heavy atom. The minimum Gasteiger partial charge on any atom is -0.281 e. The SMILES string of the molecule is Cc1cccc(-c2nnc3ccc(C#N)cn23)c1. The maximum Gasteiger partial charge on any atom is 0.168 e. The van der Waals surface area contributed by atoms with Crippen molar-refractivity contribution in [3.8, 4) is 17.5 Å². The predicted molar refractivity (Wildman–Crippen MR) is 67.9 cm³/mol. The van der Waals surface area contributed by atoms with Crippen LogP contribution in [0.15, 0.2) is 42.6 Å². The highest BCUT2D eigenvalue weighted by Crippen LogP contribution is 2.19. The molecule has 0 fully saturated rings. The molecule has 0 saturated heterocycles. The van der Waals surface area contributed by atoms with Crippen molar-refractivity contribution >= 4 is 5.65 Å². The Kier molecular flexibility index (Phi) is 2.31. The lowest BCUT2D eigenvalue weighted by atomic mass is 10.1. The summed E-state index contributed by atoms with van der Waals surface area (Å²) in [5.41, 5.74) is 3.50. The smallest absolute Gasteiger partial charge is 0.168 e. The lowest BCUT2D eigenvalue weighted by Crippen LogP contribution is -1.91. The largest absolute Gasteiger partial charge is 0.281 e. The maximum atomic E-state index is 8.94. The van der Waals surface area contributed by atoms with Gasteiger partial charge < -0.3 is 0 Å². The van der Waals surface area contributed by atoms with Crippen molar-refractivity contribution in [1.82, 2.24) is 14.6 Å². The van der Waals surface area contributed by atoms with E-state index in [0.29, 0.717) is 5.56 Å². The van der Waals surface area contributed by atoms with Gasteiger partial charge in [-0.3, -0.25) is 4.40 Å². The number of aromatic nitrogens is 3. The quantitative estimate of drug-likeness (QED) is 0.650. The van der Waals surface area contributed by atoms with E-state index in [1.807, 2.05) is 29.5 Å². The molecular weight excluding hydrogens is 224 g/mol. The lowest BCUT2D eigenvalue weighted by molar-refractivity contribution is 1.11. The van der Waals surface area contributed by atoms with Crippen molar-refractivity contribution in [3.05, 3.63) is 53.7 Å². The van der Waals surface area contributed by atoms with Gasteiger partial charge in [0.15, 0.2) is 11.5 Å². The standard InChI is InChI=1S/C14H10N4/c1-10-3-2-4-12(7-10)14-17-16-13-6-5-11(8-15)9-18(13)14/h2-7,9H,1H3. The van der Waals surface area contributed by atoms with Gasteiger partial charge in [-0.05, 0) is 25.1 Å². The maximum absolute atomic E-state index is 8.94. The van der Waals surface area contributed by atoms with Crippen LogP contribution in [0.25, 0.3) is 17.0 Å². The monoisotopic (exact) mass is 234 g/mol. The number of aryl methyl sites for hydroxylation is 1. The highest BCUT2D eigenvalue weighted by Gasteiger charge is 2.08. The van der Waals surface area contributed by atoms with Crippen molar-refractivity contribution in [2.24, 2.45) is 0 Å². The Morgan fingerprint density at radius 1 is 1.17 bits per heavy atom. The van der Waals surface area contributed by atoms with Gasteiger partial charge in [-0.25, -0.2) is 0 Å². The summed E-state index contributed by atoms with van der Waals surface area (Å²) in [4.78, 5) is 0. The second kappa shape index (κ2) is 3.97. The van der Waals surface area contributed by atoms with E-state index >= 15 is 0 Å². The van der Waals surface area contributed by atoms with Crippen LogP contribution in [0.2, 0.25) is 0 Å². The highest BCUT2D eigenvalue weighted by atomic mass is 15.2. The average molecular weight is 234 g/mol. The first kappa shape index (κ1) is 10.5. The Bertz CT molecular complexity index is 765. The van der Waals surface area contributed by atoms with E-state index in [-0.39, 0.29) is 0 Å². The molecule has 3 rings (SSSR count).